The van der Waals surface area contributed by atoms with Gasteiger partial charge >= 0.3 is 0 Å². The van der Waals surface area contributed by atoms with Crippen molar-refractivity contribution in [2.24, 2.45) is 16.2 Å². The lowest BCUT2D eigenvalue weighted by Crippen LogP contribution is -2.22. The zero-order valence-electron chi connectivity index (χ0n) is 11.9. The summed E-state index contributed by atoms with van der Waals surface area (Å²) >= 11 is 5.98. The van der Waals surface area contributed by atoms with Crippen LogP contribution in [-0.2, 0) is 4.79 Å². The molecule has 20 heavy (non-hydrogen) atoms. The summed E-state index contributed by atoms with van der Waals surface area (Å²) in [6, 6.07) is 5.15. The molecule has 5 nitrogen and oxygen atoms in total. The molecule has 1 rings (SSSR count). The van der Waals surface area contributed by atoms with Crippen LogP contribution in [0, 0.1) is 11.4 Å². The standard InChI is InChI=1S/C14H19ClN4O/c1-4-10(5-2)14(20)17-13-8-11(15)6-7-12(13)9(3)18-19-16/h6-8,10,16H,4-5H2,1-3H3,(H,17,20)/b18-9+,19-16?. The average molecular weight is 295 g/mol. The maximum Gasteiger partial charge on any atom is 0.227 e. The van der Waals surface area contributed by atoms with Gasteiger partial charge in [-0.25, -0.2) is 0 Å². The summed E-state index contributed by atoms with van der Waals surface area (Å²) in [4.78, 5) is 12.2. The Hall–Kier alpha value is -1.75. The third-order valence-corrected chi connectivity index (χ3v) is 3.42. The van der Waals surface area contributed by atoms with Crippen molar-refractivity contribution in [2.75, 3.05) is 5.32 Å². The molecular formula is C14H19ClN4O. The number of carbonyl (C=O) groups excluding carboxylic acids is 1. The van der Waals surface area contributed by atoms with Gasteiger partial charge < -0.3 is 5.32 Å². The molecule has 0 fully saturated rings. The molecular weight excluding hydrogens is 276 g/mol. The minimum absolute atomic E-state index is 0.0278. The maximum absolute atomic E-state index is 12.2. The fourth-order valence-corrected chi connectivity index (χ4v) is 2.13. The highest BCUT2D eigenvalue weighted by Crippen LogP contribution is 2.23. The molecule has 1 amide bonds. The maximum atomic E-state index is 12.2. The van der Waals surface area contributed by atoms with Crippen molar-refractivity contribution in [1.29, 1.82) is 5.53 Å². The van der Waals surface area contributed by atoms with Gasteiger partial charge in [0.15, 0.2) is 0 Å². The van der Waals surface area contributed by atoms with Gasteiger partial charge in [0.25, 0.3) is 0 Å². The Bertz CT molecular complexity index is 524. The molecule has 1 aromatic carbocycles. The van der Waals surface area contributed by atoms with Crippen LogP contribution >= 0.6 is 11.6 Å². The highest BCUT2D eigenvalue weighted by Gasteiger charge is 2.16. The SMILES string of the molecule is CCC(CC)C(=O)Nc1cc(Cl)ccc1/C(C)=N/N=N. The second-order valence-electron chi connectivity index (χ2n) is 4.48. The Morgan fingerprint density at radius 1 is 1.40 bits per heavy atom. The molecule has 0 saturated carbocycles. The first-order valence-electron chi connectivity index (χ1n) is 6.55. The lowest BCUT2D eigenvalue weighted by molar-refractivity contribution is -0.120. The predicted octanol–water partition coefficient (Wildman–Crippen LogP) is 4.47. The summed E-state index contributed by atoms with van der Waals surface area (Å²) in [5, 5.41) is 10.1. The van der Waals surface area contributed by atoms with Gasteiger partial charge in [-0.05, 0) is 38.0 Å². The van der Waals surface area contributed by atoms with Gasteiger partial charge in [0.05, 0.1) is 11.4 Å². The van der Waals surface area contributed by atoms with Crippen molar-refractivity contribution in [3.8, 4) is 0 Å². The minimum atomic E-state index is -0.0332. The van der Waals surface area contributed by atoms with Gasteiger partial charge in [-0.15, -0.1) is 5.10 Å². The molecule has 0 aromatic heterocycles. The molecule has 0 aliphatic carbocycles. The van der Waals surface area contributed by atoms with Crippen LogP contribution in [0.2, 0.25) is 5.02 Å². The van der Waals surface area contributed by atoms with E-state index in [0.29, 0.717) is 22.0 Å². The molecule has 0 saturated heterocycles. The van der Waals surface area contributed by atoms with E-state index < -0.39 is 0 Å². The molecule has 0 heterocycles. The highest BCUT2D eigenvalue weighted by molar-refractivity contribution is 6.31. The zero-order valence-corrected chi connectivity index (χ0v) is 12.7. The van der Waals surface area contributed by atoms with Crippen molar-refractivity contribution < 1.29 is 4.79 Å². The molecule has 0 bridgehead atoms. The van der Waals surface area contributed by atoms with E-state index in [9.17, 15) is 4.79 Å². The summed E-state index contributed by atoms with van der Waals surface area (Å²) in [5.41, 5.74) is 8.65. The third-order valence-electron chi connectivity index (χ3n) is 3.19. The Morgan fingerprint density at radius 2 is 2.05 bits per heavy atom. The molecule has 1 aromatic rings. The van der Waals surface area contributed by atoms with Gasteiger partial charge in [0.2, 0.25) is 5.91 Å². The molecule has 0 radical (unpaired) electrons. The number of nitrogens with zero attached hydrogens (tertiary/aromatic N) is 2. The van der Waals surface area contributed by atoms with E-state index in [1.807, 2.05) is 13.8 Å². The van der Waals surface area contributed by atoms with Crippen LogP contribution in [-0.4, -0.2) is 11.6 Å². The number of carbonyl (C=O) groups is 1. The van der Waals surface area contributed by atoms with Crippen LogP contribution in [0.15, 0.2) is 28.5 Å². The van der Waals surface area contributed by atoms with Gasteiger partial charge in [-0.1, -0.05) is 30.7 Å². The normalized spacial score (nSPS) is 11.6. The number of hydrogen-bond acceptors (Lipinski definition) is 3. The summed E-state index contributed by atoms with van der Waals surface area (Å²) < 4.78 is 0. The zero-order chi connectivity index (χ0) is 15.1. The van der Waals surface area contributed by atoms with Crippen LogP contribution in [0.1, 0.15) is 39.2 Å². The highest BCUT2D eigenvalue weighted by atomic mass is 35.5. The van der Waals surface area contributed by atoms with Crippen LogP contribution in [0.3, 0.4) is 0 Å². The summed E-state index contributed by atoms with van der Waals surface area (Å²) in [6.07, 6.45) is 1.57. The first-order chi connectivity index (χ1) is 9.53. The molecule has 6 heteroatoms. The molecule has 0 atom stereocenters. The van der Waals surface area contributed by atoms with Gasteiger partial charge in [0.1, 0.15) is 0 Å². The van der Waals surface area contributed by atoms with Gasteiger partial charge in [-0.2, -0.15) is 5.53 Å². The predicted molar refractivity (Wildman–Crippen MR) is 81.5 cm³/mol. The number of halogens is 1. The quantitative estimate of drug-likeness (QED) is 0.453. The number of benzene rings is 1. The van der Waals surface area contributed by atoms with Crippen molar-refractivity contribution in [3.63, 3.8) is 0 Å². The van der Waals surface area contributed by atoms with E-state index in [1.54, 1.807) is 25.1 Å². The number of nitrogens with one attached hydrogen (secondary N) is 2. The van der Waals surface area contributed by atoms with Gasteiger partial charge in [-0.3, -0.25) is 4.79 Å². The number of hydrogen-bond donors (Lipinski definition) is 2. The van der Waals surface area contributed by atoms with E-state index in [1.165, 1.54) is 0 Å². The number of rotatable bonds is 6. The largest absolute Gasteiger partial charge is 0.325 e. The first kappa shape index (κ1) is 16.3. The number of anilines is 1. The average Bonchev–Trinajstić information content (AvgIpc) is 2.40. The van der Waals surface area contributed by atoms with Crippen LogP contribution < -0.4 is 5.32 Å². The molecule has 108 valence electrons. The Morgan fingerprint density at radius 3 is 2.60 bits per heavy atom. The van der Waals surface area contributed by atoms with Crippen LogP contribution in [0.5, 0.6) is 0 Å². The van der Waals surface area contributed by atoms with E-state index in [2.05, 4.69) is 15.6 Å². The van der Waals surface area contributed by atoms with E-state index >= 15 is 0 Å². The third kappa shape index (κ3) is 4.13. The monoisotopic (exact) mass is 294 g/mol. The molecule has 0 aliphatic rings. The molecule has 0 aliphatic heterocycles. The summed E-state index contributed by atoms with van der Waals surface area (Å²) in [6.45, 7) is 5.70. The topological polar surface area (TPSA) is 77.7 Å². The summed E-state index contributed by atoms with van der Waals surface area (Å²) in [7, 11) is 0. The van der Waals surface area contributed by atoms with Crippen LogP contribution in [0.25, 0.3) is 0 Å². The lowest BCUT2D eigenvalue weighted by Gasteiger charge is -2.15. The van der Waals surface area contributed by atoms with Crippen molar-refractivity contribution in [1.82, 2.24) is 0 Å². The lowest BCUT2D eigenvalue weighted by atomic mass is 10.0. The van der Waals surface area contributed by atoms with Crippen molar-refractivity contribution in [3.05, 3.63) is 28.8 Å². The molecule has 0 unspecified atom stereocenters. The Balaban J connectivity index is 3.10. The molecule has 0 spiro atoms. The van der Waals surface area contributed by atoms with Crippen LogP contribution in [0.4, 0.5) is 5.69 Å². The van der Waals surface area contributed by atoms with E-state index in [4.69, 9.17) is 17.1 Å². The number of amides is 1. The minimum Gasteiger partial charge on any atom is -0.325 e. The van der Waals surface area contributed by atoms with E-state index in [0.717, 1.165) is 12.8 Å². The molecule has 2 N–H and O–H groups in total. The van der Waals surface area contributed by atoms with Crippen molar-refractivity contribution >= 4 is 28.9 Å². The second-order valence-corrected chi connectivity index (χ2v) is 4.91. The summed E-state index contributed by atoms with van der Waals surface area (Å²) in [5.74, 6) is -0.0610. The Kier molecular flexibility index (Phi) is 6.31. The van der Waals surface area contributed by atoms with E-state index in [-0.39, 0.29) is 11.8 Å². The second kappa shape index (κ2) is 7.75. The first-order valence-corrected chi connectivity index (χ1v) is 6.93. The Labute approximate surface area is 123 Å². The fraction of sp³-hybridized carbons (Fsp3) is 0.429. The van der Waals surface area contributed by atoms with Gasteiger partial charge in [0, 0.05) is 16.5 Å². The van der Waals surface area contributed by atoms with Crippen molar-refractivity contribution in [2.45, 2.75) is 33.6 Å². The fourth-order valence-electron chi connectivity index (χ4n) is 1.96. The smallest absolute Gasteiger partial charge is 0.227 e.